The third-order valence-corrected chi connectivity index (χ3v) is 5.22. The topological polar surface area (TPSA) is 163 Å². The highest BCUT2D eigenvalue weighted by atomic mass is 32.2. The van der Waals surface area contributed by atoms with Crippen molar-refractivity contribution in [3.05, 3.63) is 60.0 Å². The van der Waals surface area contributed by atoms with Gasteiger partial charge in [-0.1, -0.05) is 6.07 Å². The van der Waals surface area contributed by atoms with Crippen LogP contribution in [0, 0.1) is 24.1 Å². The highest BCUT2D eigenvalue weighted by molar-refractivity contribution is 7.89. The van der Waals surface area contributed by atoms with E-state index in [4.69, 9.17) is 10.4 Å². The molecular weight excluding hydrogens is 437 g/mol. The lowest BCUT2D eigenvalue weighted by atomic mass is 10.2. The Morgan fingerprint density at radius 1 is 1.12 bits per heavy atom. The predicted octanol–water partition coefficient (Wildman–Crippen LogP) is 2.91. The van der Waals surface area contributed by atoms with Crippen LogP contribution in [0.15, 0.2) is 53.6 Å². The first kappa shape index (κ1) is 22.6. The number of carbonyl (C=O) groups is 1. The lowest BCUT2D eigenvalue weighted by Crippen LogP contribution is -2.14. The van der Waals surface area contributed by atoms with Crippen LogP contribution in [0.2, 0.25) is 0 Å². The van der Waals surface area contributed by atoms with Gasteiger partial charge in [-0.25, -0.2) is 22.9 Å². The molecule has 0 unspecified atom stereocenters. The van der Waals surface area contributed by atoms with Gasteiger partial charge in [-0.05, 0) is 48.9 Å². The highest BCUT2D eigenvalue weighted by Crippen LogP contribution is 2.24. The van der Waals surface area contributed by atoms with E-state index in [-0.39, 0.29) is 23.1 Å². The first-order chi connectivity index (χ1) is 15.2. The predicted molar refractivity (Wildman–Crippen MR) is 116 cm³/mol. The van der Waals surface area contributed by atoms with Crippen LogP contribution in [-0.4, -0.2) is 24.3 Å². The third kappa shape index (κ3) is 5.75. The number of nitriles is 1. The maximum atomic E-state index is 14.2. The molecule has 0 spiro atoms. The molecule has 2 aromatic carbocycles. The summed E-state index contributed by atoms with van der Waals surface area (Å²) in [7, 11) is -3.91. The van der Waals surface area contributed by atoms with E-state index in [2.05, 4.69) is 25.9 Å². The maximum Gasteiger partial charge on any atom is 0.238 e. The normalized spacial score (nSPS) is 10.8. The molecular formula is C20H18FN7O3S. The number of nitrogens with one attached hydrogen (secondary N) is 3. The average Bonchev–Trinajstić information content (AvgIpc) is 2.72. The molecule has 1 heterocycles. The Bertz CT molecular complexity index is 1310. The number of hydrogen-bond donors (Lipinski definition) is 4. The molecule has 10 nitrogen and oxygen atoms in total. The van der Waals surface area contributed by atoms with Crippen molar-refractivity contribution in [1.82, 2.24) is 9.97 Å². The van der Waals surface area contributed by atoms with Crippen molar-refractivity contribution in [2.24, 2.45) is 5.14 Å². The SMILES string of the molecule is Cc1ccc(Nc2ncc(F)c(Nc3ccc(NC(=O)CC#N)cc3)n2)cc1S(N)(=O)=O. The Hall–Kier alpha value is -4.08. The number of halogens is 1. The average molecular weight is 455 g/mol. The fourth-order valence-electron chi connectivity index (χ4n) is 2.68. The second-order valence-electron chi connectivity index (χ2n) is 6.63. The Balaban J connectivity index is 1.77. The van der Waals surface area contributed by atoms with Crippen LogP contribution in [0.1, 0.15) is 12.0 Å². The van der Waals surface area contributed by atoms with Crippen LogP contribution >= 0.6 is 0 Å². The Morgan fingerprint density at radius 3 is 2.44 bits per heavy atom. The minimum absolute atomic E-state index is 0.0264. The number of primary sulfonamides is 1. The van der Waals surface area contributed by atoms with Crippen LogP contribution in [0.5, 0.6) is 0 Å². The Morgan fingerprint density at radius 2 is 1.78 bits per heavy atom. The lowest BCUT2D eigenvalue weighted by Gasteiger charge is -2.11. The van der Waals surface area contributed by atoms with Crippen LogP contribution < -0.4 is 21.1 Å². The number of aryl methyl sites for hydroxylation is 1. The summed E-state index contributed by atoms with van der Waals surface area (Å²) in [5, 5.41) is 21.9. The van der Waals surface area contributed by atoms with Gasteiger partial charge >= 0.3 is 0 Å². The zero-order valence-corrected chi connectivity index (χ0v) is 17.6. The molecule has 5 N–H and O–H groups in total. The molecule has 0 saturated heterocycles. The summed E-state index contributed by atoms with van der Waals surface area (Å²) >= 11 is 0. The van der Waals surface area contributed by atoms with Crippen LogP contribution in [-0.2, 0) is 14.8 Å². The van der Waals surface area contributed by atoms with Gasteiger partial charge in [0.25, 0.3) is 0 Å². The number of nitrogens with zero attached hydrogens (tertiary/aromatic N) is 3. The summed E-state index contributed by atoms with van der Waals surface area (Å²) in [6.07, 6.45) is 0.699. The monoisotopic (exact) mass is 455 g/mol. The van der Waals surface area contributed by atoms with Crippen molar-refractivity contribution < 1.29 is 17.6 Å². The number of carbonyl (C=O) groups excluding carboxylic acids is 1. The molecule has 32 heavy (non-hydrogen) atoms. The number of sulfonamides is 1. The largest absolute Gasteiger partial charge is 0.338 e. The molecule has 3 rings (SSSR count). The quantitative estimate of drug-likeness (QED) is 0.422. The standard InChI is InChI=1S/C20H18FN7O3S/c1-12-2-3-15(10-17(12)32(23,30)31)27-20-24-11-16(21)19(28-20)26-14-6-4-13(5-7-14)25-18(29)8-9-22/h2-7,10-11H,8H2,1H3,(H,25,29)(H2,23,30,31)(H2,24,26,27,28). The second-order valence-corrected chi connectivity index (χ2v) is 8.16. The Labute approximate surface area is 183 Å². The second kappa shape index (κ2) is 9.38. The van der Waals surface area contributed by atoms with Gasteiger partial charge in [-0.2, -0.15) is 10.2 Å². The van der Waals surface area contributed by atoms with Gasteiger partial charge < -0.3 is 16.0 Å². The van der Waals surface area contributed by atoms with Gasteiger partial charge in [0, 0.05) is 17.1 Å². The van der Waals surface area contributed by atoms with Gasteiger partial charge in [0.1, 0.15) is 6.42 Å². The summed E-state index contributed by atoms with van der Waals surface area (Å²) in [6, 6.07) is 12.6. The first-order valence-corrected chi connectivity index (χ1v) is 10.7. The van der Waals surface area contributed by atoms with Crippen molar-refractivity contribution in [1.29, 1.82) is 5.26 Å². The molecule has 164 valence electrons. The fraction of sp³-hybridized carbons (Fsp3) is 0.100. The van der Waals surface area contributed by atoms with Gasteiger partial charge in [-0.15, -0.1) is 0 Å². The molecule has 0 saturated carbocycles. The zero-order valence-electron chi connectivity index (χ0n) is 16.8. The molecule has 1 aromatic heterocycles. The fourth-order valence-corrected chi connectivity index (χ4v) is 3.49. The summed E-state index contributed by atoms with van der Waals surface area (Å²) in [5.41, 5.74) is 1.80. The van der Waals surface area contributed by atoms with E-state index in [1.165, 1.54) is 6.07 Å². The van der Waals surface area contributed by atoms with E-state index in [0.717, 1.165) is 6.20 Å². The first-order valence-electron chi connectivity index (χ1n) is 9.12. The number of nitrogens with two attached hydrogens (primary N) is 1. The molecule has 0 aliphatic carbocycles. The van der Waals surface area contributed by atoms with Crippen LogP contribution in [0.25, 0.3) is 0 Å². The van der Waals surface area contributed by atoms with Gasteiger partial charge in [0.15, 0.2) is 11.6 Å². The van der Waals surface area contributed by atoms with Gasteiger partial charge in [0.05, 0.1) is 17.2 Å². The van der Waals surface area contributed by atoms with Crippen molar-refractivity contribution in [3.63, 3.8) is 0 Å². The molecule has 1 amide bonds. The number of rotatable bonds is 7. The molecule has 3 aromatic rings. The van der Waals surface area contributed by atoms with E-state index >= 15 is 0 Å². The summed E-state index contributed by atoms with van der Waals surface area (Å²) < 4.78 is 37.6. The molecule has 0 fully saturated rings. The Kier molecular flexibility index (Phi) is 6.62. The molecule has 0 atom stereocenters. The third-order valence-electron chi connectivity index (χ3n) is 4.17. The summed E-state index contributed by atoms with van der Waals surface area (Å²) in [6.45, 7) is 1.61. The van der Waals surface area contributed by atoms with E-state index in [9.17, 15) is 17.6 Å². The number of amides is 1. The zero-order chi connectivity index (χ0) is 23.3. The maximum absolute atomic E-state index is 14.2. The van der Waals surface area contributed by atoms with Crippen molar-refractivity contribution >= 4 is 44.8 Å². The smallest absolute Gasteiger partial charge is 0.238 e. The van der Waals surface area contributed by atoms with Gasteiger partial charge in [-0.3, -0.25) is 4.79 Å². The van der Waals surface area contributed by atoms with Gasteiger partial charge in [0.2, 0.25) is 21.9 Å². The number of hydrogen-bond acceptors (Lipinski definition) is 8. The van der Waals surface area contributed by atoms with Crippen molar-refractivity contribution in [3.8, 4) is 6.07 Å². The van der Waals surface area contributed by atoms with E-state index in [1.54, 1.807) is 49.4 Å². The number of benzene rings is 2. The number of aromatic nitrogens is 2. The van der Waals surface area contributed by atoms with E-state index in [0.29, 0.717) is 22.6 Å². The molecule has 0 aliphatic heterocycles. The summed E-state index contributed by atoms with van der Waals surface area (Å²) in [4.78, 5) is 19.3. The highest BCUT2D eigenvalue weighted by Gasteiger charge is 2.13. The molecule has 12 heteroatoms. The molecule has 0 bridgehead atoms. The minimum atomic E-state index is -3.91. The molecule has 0 radical (unpaired) electrons. The van der Waals surface area contributed by atoms with Crippen molar-refractivity contribution in [2.75, 3.05) is 16.0 Å². The lowest BCUT2D eigenvalue weighted by molar-refractivity contribution is -0.115. The molecule has 0 aliphatic rings. The van der Waals surface area contributed by atoms with Crippen LogP contribution in [0.3, 0.4) is 0 Å². The number of anilines is 5. The van der Waals surface area contributed by atoms with Crippen LogP contribution in [0.4, 0.5) is 33.2 Å². The summed E-state index contributed by atoms with van der Waals surface area (Å²) in [5.74, 6) is -1.25. The van der Waals surface area contributed by atoms with E-state index in [1.807, 2.05) is 0 Å². The van der Waals surface area contributed by atoms with Crippen molar-refractivity contribution in [2.45, 2.75) is 18.2 Å². The van der Waals surface area contributed by atoms with E-state index < -0.39 is 21.7 Å². The minimum Gasteiger partial charge on any atom is -0.338 e.